The lowest BCUT2D eigenvalue weighted by Gasteiger charge is -2.21. The van der Waals surface area contributed by atoms with Crippen LogP contribution in [0.15, 0.2) is 42.0 Å². The van der Waals surface area contributed by atoms with Crippen molar-refractivity contribution in [1.29, 1.82) is 0 Å². The maximum Gasteiger partial charge on any atom is 0.257 e. The van der Waals surface area contributed by atoms with Crippen molar-refractivity contribution in [1.82, 2.24) is 19.8 Å². The molecule has 1 fully saturated rings. The molecule has 0 aliphatic heterocycles. The van der Waals surface area contributed by atoms with Gasteiger partial charge in [-0.2, -0.15) is 0 Å². The second kappa shape index (κ2) is 11.0. The van der Waals surface area contributed by atoms with Crippen molar-refractivity contribution in [2.45, 2.75) is 19.3 Å². The Bertz CT molecular complexity index is 1210. The Balaban J connectivity index is 1.51. The molecule has 0 radical (unpaired) electrons. The fourth-order valence-corrected chi connectivity index (χ4v) is 4.44. The van der Waals surface area contributed by atoms with Crippen LogP contribution in [0.3, 0.4) is 0 Å². The van der Waals surface area contributed by atoms with Crippen molar-refractivity contribution >= 4 is 28.8 Å². The largest absolute Gasteiger partial charge is 0.496 e. The van der Waals surface area contributed by atoms with Gasteiger partial charge in [-0.05, 0) is 51.1 Å². The fraction of sp³-hybridized carbons (Fsp3) is 0.385. The summed E-state index contributed by atoms with van der Waals surface area (Å²) < 4.78 is 5.55. The lowest BCUT2D eigenvalue weighted by molar-refractivity contribution is -0.116. The molecule has 1 aliphatic rings. The fourth-order valence-electron chi connectivity index (χ4n) is 3.64. The number of methoxy groups -OCH3 is 1. The first-order chi connectivity index (χ1) is 16.8. The predicted octanol–water partition coefficient (Wildman–Crippen LogP) is 4.25. The molecule has 0 spiro atoms. The number of nitrogens with zero attached hydrogens (tertiary/aromatic N) is 4. The molecule has 4 rings (SSSR count). The molecule has 8 nitrogen and oxygen atoms in total. The molecule has 1 aromatic carbocycles. The van der Waals surface area contributed by atoms with E-state index in [1.165, 1.54) is 11.3 Å². The third-order valence-corrected chi connectivity index (χ3v) is 6.85. The number of carbonyl (C=O) groups is 2. The van der Waals surface area contributed by atoms with Crippen molar-refractivity contribution < 1.29 is 14.3 Å². The first-order valence-corrected chi connectivity index (χ1v) is 12.5. The van der Waals surface area contributed by atoms with E-state index in [0.717, 1.165) is 41.2 Å². The number of hydrogen-bond acceptors (Lipinski definition) is 7. The standard InChI is InChI=1S/C26H31N5O3S/c1-30(2)9-10-31(3)26(33)20-8-7-18(12-23(20)34-4)21-14-27-15-22(29-21)24-13-19(16-35-24)28-25(32)11-17-5-6-17/h7-8,12-17H,5-6,9-11H2,1-4H3,(H,28,32). The van der Waals surface area contributed by atoms with E-state index in [1.807, 2.05) is 42.6 Å². The number of thiophene rings is 1. The molecular weight excluding hydrogens is 462 g/mol. The van der Waals surface area contributed by atoms with Gasteiger partial charge in [0.15, 0.2) is 0 Å². The Kier molecular flexibility index (Phi) is 7.77. The zero-order valence-corrected chi connectivity index (χ0v) is 21.4. The average molecular weight is 494 g/mol. The topological polar surface area (TPSA) is 87.7 Å². The second-order valence-corrected chi connectivity index (χ2v) is 10.0. The summed E-state index contributed by atoms with van der Waals surface area (Å²) in [5, 5.41) is 4.90. The molecule has 2 heterocycles. The Morgan fingerprint density at radius 1 is 1.11 bits per heavy atom. The zero-order valence-electron chi connectivity index (χ0n) is 20.6. The molecule has 35 heavy (non-hydrogen) atoms. The van der Waals surface area contributed by atoms with Gasteiger partial charge in [0.25, 0.3) is 5.91 Å². The molecule has 9 heteroatoms. The molecule has 3 aromatic rings. The zero-order chi connectivity index (χ0) is 24.9. The predicted molar refractivity (Wildman–Crippen MR) is 139 cm³/mol. The molecule has 2 aromatic heterocycles. The van der Waals surface area contributed by atoms with Crippen LogP contribution in [0.1, 0.15) is 29.6 Å². The van der Waals surface area contributed by atoms with E-state index in [1.54, 1.807) is 37.5 Å². The van der Waals surface area contributed by atoms with Gasteiger partial charge in [0, 0.05) is 37.5 Å². The number of benzene rings is 1. The van der Waals surface area contributed by atoms with E-state index in [2.05, 4.69) is 10.3 Å². The number of hydrogen-bond donors (Lipinski definition) is 1. The van der Waals surface area contributed by atoms with Crippen molar-refractivity contribution in [3.05, 3.63) is 47.6 Å². The van der Waals surface area contributed by atoms with Crippen molar-refractivity contribution in [3.8, 4) is 27.6 Å². The van der Waals surface area contributed by atoms with Gasteiger partial charge < -0.3 is 19.9 Å². The number of nitrogens with one attached hydrogen (secondary N) is 1. The van der Waals surface area contributed by atoms with Gasteiger partial charge in [-0.3, -0.25) is 14.6 Å². The van der Waals surface area contributed by atoms with Crippen LogP contribution in [-0.2, 0) is 4.79 Å². The number of likely N-dealkylation sites (N-methyl/N-ethyl adjacent to an activating group) is 2. The number of aromatic nitrogens is 2. The first-order valence-electron chi connectivity index (χ1n) is 11.6. The Hall–Kier alpha value is -3.30. The summed E-state index contributed by atoms with van der Waals surface area (Å²) >= 11 is 1.51. The lowest BCUT2D eigenvalue weighted by atomic mass is 10.1. The van der Waals surface area contributed by atoms with Gasteiger partial charge in [-0.25, -0.2) is 4.98 Å². The van der Waals surface area contributed by atoms with E-state index in [9.17, 15) is 9.59 Å². The summed E-state index contributed by atoms with van der Waals surface area (Å²) in [6.45, 7) is 1.40. The van der Waals surface area contributed by atoms with Gasteiger partial charge in [0.2, 0.25) is 5.91 Å². The minimum atomic E-state index is -0.0927. The Morgan fingerprint density at radius 2 is 1.89 bits per heavy atom. The highest BCUT2D eigenvalue weighted by Crippen LogP contribution is 2.34. The SMILES string of the molecule is COc1cc(-c2cncc(-c3cc(NC(=O)CC4CC4)cs3)n2)ccc1C(=O)N(C)CCN(C)C. The third kappa shape index (κ3) is 6.43. The van der Waals surface area contributed by atoms with Gasteiger partial charge in [0.1, 0.15) is 5.75 Å². The molecule has 1 aliphatic carbocycles. The smallest absolute Gasteiger partial charge is 0.257 e. The van der Waals surface area contributed by atoms with Crippen LogP contribution in [-0.4, -0.2) is 72.9 Å². The maximum atomic E-state index is 12.9. The summed E-state index contributed by atoms with van der Waals surface area (Å²) in [6, 6.07) is 7.38. The molecule has 0 bridgehead atoms. The summed E-state index contributed by atoms with van der Waals surface area (Å²) in [6.07, 6.45) is 6.29. The number of anilines is 1. The van der Waals surface area contributed by atoms with Gasteiger partial charge >= 0.3 is 0 Å². The molecule has 0 atom stereocenters. The minimum Gasteiger partial charge on any atom is -0.496 e. The van der Waals surface area contributed by atoms with Crippen molar-refractivity contribution in [3.63, 3.8) is 0 Å². The molecule has 2 amide bonds. The molecule has 0 saturated heterocycles. The highest BCUT2D eigenvalue weighted by Gasteiger charge is 2.24. The van der Waals surface area contributed by atoms with E-state index < -0.39 is 0 Å². The summed E-state index contributed by atoms with van der Waals surface area (Å²) in [4.78, 5) is 38.8. The molecule has 0 unspecified atom stereocenters. The third-order valence-electron chi connectivity index (χ3n) is 5.90. The van der Waals surface area contributed by atoms with Crippen molar-refractivity contribution in [2.24, 2.45) is 5.92 Å². The molecular formula is C26H31N5O3S. The van der Waals surface area contributed by atoms with Crippen LogP contribution in [0.25, 0.3) is 21.8 Å². The maximum absolute atomic E-state index is 12.9. The summed E-state index contributed by atoms with van der Waals surface area (Å²) in [5.74, 6) is 1.01. The van der Waals surface area contributed by atoms with E-state index in [-0.39, 0.29) is 11.8 Å². The Morgan fingerprint density at radius 3 is 2.60 bits per heavy atom. The number of rotatable bonds is 10. The minimum absolute atomic E-state index is 0.0609. The van der Waals surface area contributed by atoms with E-state index in [0.29, 0.717) is 35.9 Å². The number of amides is 2. The van der Waals surface area contributed by atoms with Crippen LogP contribution in [0.4, 0.5) is 5.69 Å². The van der Waals surface area contributed by atoms with Gasteiger partial charge in [0.05, 0.1) is 47.0 Å². The van der Waals surface area contributed by atoms with E-state index >= 15 is 0 Å². The first kappa shape index (κ1) is 24.8. The average Bonchev–Trinajstić information content (AvgIpc) is 3.55. The monoisotopic (exact) mass is 493 g/mol. The molecule has 1 saturated carbocycles. The number of ether oxygens (including phenoxy) is 1. The van der Waals surface area contributed by atoms with Gasteiger partial charge in [-0.1, -0.05) is 6.07 Å². The normalized spacial score (nSPS) is 13.1. The van der Waals surface area contributed by atoms with Gasteiger partial charge in [-0.15, -0.1) is 11.3 Å². The quantitative estimate of drug-likeness (QED) is 0.454. The second-order valence-electron chi connectivity index (χ2n) is 9.13. The molecule has 1 N–H and O–H groups in total. The van der Waals surface area contributed by atoms with Crippen LogP contribution < -0.4 is 10.1 Å². The lowest BCUT2D eigenvalue weighted by Crippen LogP contribution is -2.33. The molecule has 184 valence electrons. The summed E-state index contributed by atoms with van der Waals surface area (Å²) in [7, 11) is 7.30. The summed E-state index contributed by atoms with van der Waals surface area (Å²) in [5.41, 5.74) is 3.49. The van der Waals surface area contributed by atoms with Crippen LogP contribution in [0, 0.1) is 5.92 Å². The van der Waals surface area contributed by atoms with Crippen LogP contribution in [0.2, 0.25) is 0 Å². The highest BCUT2D eigenvalue weighted by atomic mass is 32.1. The number of carbonyl (C=O) groups excluding carboxylic acids is 2. The van der Waals surface area contributed by atoms with E-state index in [4.69, 9.17) is 9.72 Å². The van der Waals surface area contributed by atoms with Crippen molar-refractivity contribution in [2.75, 3.05) is 46.7 Å². The highest BCUT2D eigenvalue weighted by molar-refractivity contribution is 7.14. The van der Waals surface area contributed by atoms with Crippen LogP contribution >= 0.6 is 11.3 Å². The Labute approximate surface area is 210 Å². The van der Waals surface area contributed by atoms with Crippen LogP contribution in [0.5, 0.6) is 5.75 Å².